The molecule has 2 aromatic carbocycles. The number of nitrogens with one attached hydrogen (secondary N) is 1. The van der Waals surface area contributed by atoms with Gasteiger partial charge in [0.25, 0.3) is 0 Å². The first-order valence-corrected chi connectivity index (χ1v) is 7.35. The van der Waals surface area contributed by atoms with Crippen LogP contribution in [-0.4, -0.2) is 0 Å². The maximum absolute atomic E-state index is 13.9. The molecule has 0 amide bonds. The molecule has 0 aromatic heterocycles. The number of nitrogens with two attached hydrogens (primary N) is 1. The van der Waals surface area contributed by atoms with Gasteiger partial charge in [-0.15, -0.1) is 0 Å². The number of hydrogen-bond donors (Lipinski definition) is 2. The van der Waals surface area contributed by atoms with Crippen molar-refractivity contribution in [3.8, 4) is 0 Å². The summed E-state index contributed by atoms with van der Waals surface area (Å²) in [6, 6.07) is 12.7. The van der Waals surface area contributed by atoms with Crippen LogP contribution in [0.4, 0.5) is 4.39 Å². The summed E-state index contributed by atoms with van der Waals surface area (Å²) in [7, 11) is 0. The average Bonchev–Trinajstić information content (AvgIpc) is 2.39. The molecule has 2 aromatic rings. The zero-order valence-electron chi connectivity index (χ0n) is 10.0. The molecule has 0 saturated heterocycles. The summed E-state index contributed by atoms with van der Waals surface area (Å²) >= 11 is 6.73. The quantitative estimate of drug-likeness (QED) is 0.612. The summed E-state index contributed by atoms with van der Waals surface area (Å²) < 4.78 is 15.5. The van der Waals surface area contributed by atoms with Crippen molar-refractivity contribution in [3.63, 3.8) is 0 Å². The second-order valence-corrected chi connectivity index (χ2v) is 5.95. The predicted octanol–water partition coefficient (Wildman–Crippen LogP) is 4.10. The minimum Gasteiger partial charge on any atom is -0.271 e. The molecule has 0 aliphatic heterocycles. The number of rotatable bonds is 4. The number of hydrazine groups is 1. The van der Waals surface area contributed by atoms with Gasteiger partial charge < -0.3 is 0 Å². The fourth-order valence-corrected chi connectivity index (χ4v) is 2.82. The van der Waals surface area contributed by atoms with Crippen molar-refractivity contribution in [1.82, 2.24) is 5.43 Å². The molecule has 0 heterocycles. The molecular weight excluding hydrogens is 375 g/mol. The maximum atomic E-state index is 13.9. The Labute approximate surface area is 128 Å². The van der Waals surface area contributed by atoms with E-state index < -0.39 is 0 Å². The van der Waals surface area contributed by atoms with Crippen LogP contribution in [-0.2, 0) is 6.42 Å². The molecule has 1 unspecified atom stereocenters. The van der Waals surface area contributed by atoms with E-state index in [2.05, 4.69) is 37.3 Å². The molecule has 1 atom stereocenters. The zero-order valence-corrected chi connectivity index (χ0v) is 13.2. The summed E-state index contributed by atoms with van der Waals surface area (Å²) in [6.07, 6.45) is 0.484. The Bertz CT molecular complexity index is 575. The second-order valence-electron chi connectivity index (χ2n) is 4.18. The summed E-state index contributed by atoms with van der Waals surface area (Å²) in [4.78, 5) is 0. The molecule has 0 radical (unpaired) electrons. The summed E-state index contributed by atoms with van der Waals surface area (Å²) in [5, 5.41) is 0. The Balaban J connectivity index is 2.27. The molecule has 0 bridgehead atoms. The van der Waals surface area contributed by atoms with E-state index in [9.17, 15) is 4.39 Å². The molecule has 5 heteroatoms. The lowest BCUT2D eigenvalue weighted by Crippen LogP contribution is -2.30. The summed E-state index contributed by atoms with van der Waals surface area (Å²) in [5.74, 6) is 5.36. The van der Waals surface area contributed by atoms with Crippen molar-refractivity contribution >= 4 is 31.9 Å². The van der Waals surface area contributed by atoms with Crippen molar-refractivity contribution < 1.29 is 4.39 Å². The molecule has 0 spiro atoms. The van der Waals surface area contributed by atoms with Crippen LogP contribution in [0.2, 0.25) is 0 Å². The Morgan fingerprint density at radius 3 is 2.53 bits per heavy atom. The van der Waals surface area contributed by atoms with Gasteiger partial charge in [-0.3, -0.25) is 11.3 Å². The van der Waals surface area contributed by atoms with Gasteiger partial charge in [-0.1, -0.05) is 56.1 Å². The van der Waals surface area contributed by atoms with Crippen LogP contribution in [0.1, 0.15) is 17.2 Å². The minimum absolute atomic E-state index is 0.147. The fourth-order valence-electron chi connectivity index (χ4n) is 1.92. The highest BCUT2D eigenvalue weighted by Crippen LogP contribution is 2.27. The highest BCUT2D eigenvalue weighted by atomic mass is 79.9. The second kappa shape index (κ2) is 6.61. The van der Waals surface area contributed by atoms with E-state index >= 15 is 0 Å². The zero-order chi connectivity index (χ0) is 13.8. The molecule has 0 fully saturated rings. The lowest BCUT2D eigenvalue weighted by Gasteiger charge is -2.18. The standard InChI is InChI=1S/C14H13Br2FN2/c15-10-6-5-9(13(17)8-10)7-14(19-18)11-3-1-2-4-12(11)16/h1-6,8,14,19H,7,18H2. The van der Waals surface area contributed by atoms with Crippen LogP contribution in [0.25, 0.3) is 0 Å². The van der Waals surface area contributed by atoms with Gasteiger partial charge in [-0.25, -0.2) is 4.39 Å². The van der Waals surface area contributed by atoms with Crippen molar-refractivity contribution in [3.05, 3.63) is 68.4 Å². The number of benzene rings is 2. The third-order valence-corrected chi connectivity index (χ3v) is 4.14. The summed E-state index contributed by atoms with van der Waals surface area (Å²) in [5.41, 5.74) is 4.37. The molecule has 0 aliphatic rings. The van der Waals surface area contributed by atoms with Crippen LogP contribution in [0.5, 0.6) is 0 Å². The van der Waals surface area contributed by atoms with Crippen LogP contribution in [0.15, 0.2) is 51.4 Å². The van der Waals surface area contributed by atoms with Gasteiger partial charge >= 0.3 is 0 Å². The highest BCUT2D eigenvalue weighted by molar-refractivity contribution is 9.10. The summed E-state index contributed by atoms with van der Waals surface area (Å²) in [6.45, 7) is 0. The van der Waals surface area contributed by atoms with Gasteiger partial charge in [0.1, 0.15) is 5.82 Å². The first-order valence-electron chi connectivity index (χ1n) is 5.76. The predicted molar refractivity (Wildman–Crippen MR) is 82.0 cm³/mol. The topological polar surface area (TPSA) is 38.0 Å². The van der Waals surface area contributed by atoms with Crippen molar-refractivity contribution in [2.24, 2.45) is 5.84 Å². The molecular formula is C14H13Br2FN2. The SMILES string of the molecule is NNC(Cc1ccc(Br)cc1F)c1ccccc1Br. The highest BCUT2D eigenvalue weighted by Gasteiger charge is 2.15. The molecule has 2 rings (SSSR count). The molecule has 3 N–H and O–H groups in total. The minimum atomic E-state index is -0.235. The third kappa shape index (κ3) is 3.63. The molecule has 0 saturated carbocycles. The van der Waals surface area contributed by atoms with Crippen molar-refractivity contribution in [2.75, 3.05) is 0 Å². The largest absolute Gasteiger partial charge is 0.271 e. The monoisotopic (exact) mass is 386 g/mol. The van der Waals surface area contributed by atoms with E-state index in [4.69, 9.17) is 5.84 Å². The van der Waals surface area contributed by atoms with Crippen molar-refractivity contribution in [2.45, 2.75) is 12.5 Å². The van der Waals surface area contributed by atoms with E-state index in [1.54, 1.807) is 6.07 Å². The van der Waals surface area contributed by atoms with Gasteiger partial charge in [-0.05, 0) is 35.7 Å². The lowest BCUT2D eigenvalue weighted by atomic mass is 9.99. The Hall–Kier alpha value is -0.750. The lowest BCUT2D eigenvalue weighted by molar-refractivity contribution is 0.527. The fraction of sp³-hybridized carbons (Fsp3) is 0.143. The van der Waals surface area contributed by atoms with Gasteiger partial charge in [0, 0.05) is 8.95 Å². The van der Waals surface area contributed by atoms with E-state index in [1.165, 1.54) is 6.07 Å². The Morgan fingerprint density at radius 1 is 1.16 bits per heavy atom. The third-order valence-electron chi connectivity index (χ3n) is 2.92. The van der Waals surface area contributed by atoms with Crippen LogP contribution in [0, 0.1) is 5.82 Å². The Morgan fingerprint density at radius 2 is 1.89 bits per heavy atom. The molecule has 100 valence electrons. The number of hydrogen-bond acceptors (Lipinski definition) is 2. The average molecular weight is 388 g/mol. The van der Waals surface area contributed by atoms with Gasteiger partial charge in [-0.2, -0.15) is 0 Å². The van der Waals surface area contributed by atoms with Gasteiger partial charge in [0.2, 0.25) is 0 Å². The van der Waals surface area contributed by atoms with Crippen LogP contribution < -0.4 is 11.3 Å². The van der Waals surface area contributed by atoms with E-state index in [-0.39, 0.29) is 11.9 Å². The normalized spacial score (nSPS) is 12.4. The molecule has 0 aliphatic carbocycles. The number of halogens is 3. The molecule has 19 heavy (non-hydrogen) atoms. The first kappa shape index (κ1) is 14.7. The van der Waals surface area contributed by atoms with E-state index in [1.807, 2.05) is 30.3 Å². The Kier molecular flexibility index (Phi) is 5.10. The van der Waals surface area contributed by atoms with Gasteiger partial charge in [0.15, 0.2) is 0 Å². The van der Waals surface area contributed by atoms with Gasteiger partial charge in [0.05, 0.1) is 6.04 Å². The molecule has 2 nitrogen and oxygen atoms in total. The van der Waals surface area contributed by atoms with Crippen LogP contribution >= 0.6 is 31.9 Å². The first-order chi connectivity index (χ1) is 9.11. The van der Waals surface area contributed by atoms with E-state index in [0.717, 1.165) is 14.5 Å². The smallest absolute Gasteiger partial charge is 0.127 e. The maximum Gasteiger partial charge on any atom is 0.127 e. The van der Waals surface area contributed by atoms with Crippen molar-refractivity contribution in [1.29, 1.82) is 0 Å². The van der Waals surface area contributed by atoms with E-state index in [0.29, 0.717) is 12.0 Å². The van der Waals surface area contributed by atoms with Crippen LogP contribution in [0.3, 0.4) is 0 Å².